The highest BCUT2D eigenvalue weighted by atomic mass is 16.3. The minimum absolute atomic E-state index is 0.236. The number of aliphatic hydroxyl groups excluding tert-OH is 1. The Morgan fingerprint density at radius 2 is 2.40 bits per heavy atom. The Balaban J connectivity index is 2.12. The maximum absolute atomic E-state index is 9.12. The van der Waals surface area contributed by atoms with Gasteiger partial charge in [0.25, 0.3) is 0 Å². The third kappa shape index (κ3) is 0.611. The second-order valence-electron chi connectivity index (χ2n) is 3.71. The van der Waals surface area contributed by atoms with Gasteiger partial charge >= 0.3 is 0 Å². The van der Waals surface area contributed by atoms with Crippen LogP contribution in [0.1, 0.15) is 26.2 Å². The van der Waals surface area contributed by atoms with E-state index in [1.54, 1.807) is 0 Å². The summed E-state index contributed by atoms with van der Waals surface area (Å²) in [5.74, 6) is 0. The molecule has 2 heterocycles. The zero-order chi connectivity index (χ0) is 7.19. The molecule has 0 aromatic carbocycles. The second-order valence-corrected chi connectivity index (χ2v) is 3.71. The summed E-state index contributed by atoms with van der Waals surface area (Å²) in [6.07, 6.45) is 3.71. The molecule has 2 saturated heterocycles. The molecular weight excluding hydrogens is 126 g/mol. The van der Waals surface area contributed by atoms with Crippen molar-refractivity contribution in [3.8, 4) is 0 Å². The maximum Gasteiger partial charge on any atom is 0.0616 e. The molecule has 0 spiro atoms. The molecule has 0 aromatic heterocycles. The predicted molar refractivity (Wildman–Crippen MR) is 39.8 cm³/mol. The van der Waals surface area contributed by atoms with Crippen LogP contribution in [0, 0.1) is 0 Å². The van der Waals surface area contributed by atoms with E-state index in [-0.39, 0.29) is 5.54 Å². The first-order valence-corrected chi connectivity index (χ1v) is 4.16. The first-order chi connectivity index (χ1) is 4.78. The molecule has 0 aromatic rings. The molecule has 2 fully saturated rings. The maximum atomic E-state index is 9.12. The van der Waals surface area contributed by atoms with Crippen LogP contribution >= 0.6 is 0 Å². The van der Waals surface area contributed by atoms with E-state index >= 15 is 0 Å². The minimum Gasteiger partial charge on any atom is -0.394 e. The molecule has 0 amide bonds. The van der Waals surface area contributed by atoms with Crippen LogP contribution in [-0.4, -0.2) is 34.7 Å². The molecule has 2 aliphatic heterocycles. The molecule has 58 valence electrons. The van der Waals surface area contributed by atoms with Crippen molar-refractivity contribution in [2.45, 2.75) is 37.8 Å². The van der Waals surface area contributed by atoms with Gasteiger partial charge in [0, 0.05) is 18.1 Å². The minimum atomic E-state index is 0.236. The molecule has 0 radical (unpaired) electrons. The van der Waals surface area contributed by atoms with Gasteiger partial charge in [-0.25, -0.2) is 0 Å². The average molecular weight is 141 g/mol. The molecule has 0 unspecified atom stereocenters. The van der Waals surface area contributed by atoms with Gasteiger partial charge in [-0.2, -0.15) is 0 Å². The smallest absolute Gasteiger partial charge is 0.0616 e. The third-order valence-electron chi connectivity index (χ3n) is 3.28. The Kier molecular flexibility index (Phi) is 1.29. The Labute approximate surface area is 61.8 Å². The number of rotatable bonds is 1. The van der Waals surface area contributed by atoms with Crippen LogP contribution in [0.4, 0.5) is 0 Å². The van der Waals surface area contributed by atoms with Gasteiger partial charge in [-0.15, -0.1) is 0 Å². The van der Waals surface area contributed by atoms with Crippen LogP contribution < -0.4 is 0 Å². The highest BCUT2D eigenvalue weighted by Crippen LogP contribution is 2.43. The highest BCUT2D eigenvalue weighted by molar-refractivity contribution is 5.06. The van der Waals surface area contributed by atoms with E-state index in [4.69, 9.17) is 5.11 Å². The summed E-state index contributed by atoms with van der Waals surface area (Å²) in [4.78, 5) is 2.45. The van der Waals surface area contributed by atoms with Crippen LogP contribution in [-0.2, 0) is 0 Å². The fourth-order valence-electron chi connectivity index (χ4n) is 2.40. The summed E-state index contributed by atoms with van der Waals surface area (Å²) < 4.78 is 0. The van der Waals surface area contributed by atoms with E-state index in [2.05, 4.69) is 11.8 Å². The number of hydrogen-bond donors (Lipinski definition) is 1. The standard InChI is InChI=1S/C8H15NO/c1-7-2-3-8(6-10)4-5-9(7)8/h7,10H,2-6H2,1H3/t7-,8+/m1/s1. The summed E-state index contributed by atoms with van der Waals surface area (Å²) in [5.41, 5.74) is 0.236. The van der Waals surface area contributed by atoms with Crippen LogP contribution in [0.3, 0.4) is 0 Å². The van der Waals surface area contributed by atoms with Crippen LogP contribution in [0.15, 0.2) is 0 Å². The summed E-state index contributed by atoms with van der Waals surface area (Å²) in [7, 11) is 0. The molecule has 2 nitrogen and oxygen atoms in total. The monoisotopic (exact) mass is 141 g/mol. The molecule has 0 saturated carbocycles. The van der Waals surface area contributed by atoms with Crippen LogP contribution in [0.2, 0.25) is 0 Å². The van der Waals surface area contributed by atoms with E-state index in [9.17, 15) is 0 Å². The van der Waals surface area contributed by atoms with Crippen molar-refractivity contribution >= 4 is 0 Å². The number of fused-ring (bicyclic) bond motifs is 1. The van der Waals surface area contributed by atoms with Gasteiger partial charge in [0.2, 0.25) is 0 Å². The molecular formula is C8H15NO. The zero-order valence-corrected chi connectivity index (χ0v) is 6.51. The van der Waals surface area contributed by atoms with Gasteiger partial charge in [-0.3, -0.25) is 4.90 Å². The van der Waals surface area contributed by atoms with Crippen LogP contribution in [0.5, 0.6) is 0 Å². The summed E-state index contributed by atoms with van der Waals surface area (Å²) >= 11 is 0. The van der Waals surface area contributed by atoms with E-state index in [0.29, 0.717) is 6.61 Å². The average Bonchev–Trinajstić information content (AvgIpc) is 2.06. The van der Waals surface area contributed by atoms with E-state index in [1.807, 2.05) is 0 Å². The van der Waals surface area contributed by atoms with Crippen molar-refractivity contribution in [3.63, 3.8) is 0 Å². The predicted octanol–water partition coefficient (Wildman–Crippen LogP) is 0.605. The molecule has 10 heavy (non-hydrogen) atoms. The van der Waals surface area contributed by atoms with Gasteiger partial charge in [0.05, 0.1) is 6.61 Å². The van der Waals surface area contributed by atoms with E-state index < -0.39 is 0 Å². The van der Waals surface area contributed by atoms with Gasteiger partial charge in [0.1, 0.15) is 0 Å². The van der Waals surface area contributed by atoms with Gasteiger partial charge < -0.3 is 5.11 Å². The highest BCUT2D eigenvalue weighted by Gasteiger charge is 2.50. The molecule has 1 N–H and O–H groups in total. The van der Waals surface area contributed by atoms with E-state index in [1.165, 1.54) is 25.8 Å². The molecule has 2 heteroatoms. The summed E-state index contributed by atoms with van der Waals surface area (Å²) in [6.45, 7) is 3.84. The van der Waals surface area contributed by atoms with Gasteiger partial charge in [0.15, 0.2) is 0 Å². The summed E-state index contributed by atoms with van der Waals surface area (Å²) in [5, 5.41) is 9.12. The van der Waals surface area contributed by atoms with E-state index in [0.717, 1.165) is 6.04 Å². The lowest BCUT2D eigenvalue weighted by atomic mass is 9.86. The number of hydrogen-bond acceptors (Lipinski definition) is 2. The third-order valence-corrected chi connectivity index (χ3v) is 3.28. The molecule has 2 aliphatic rings. The Morgan fingerprint density at radius 1 is 1.60 bits per heavy atom. The lowest BCUT2D eigenvalue weighted by Crippen LogP contribution is -2.59. The second kappa shape index (κ2) is 1.95. The van der Waals surface area contributed by atoms with Gasteiger partial charge in [-0.05, 0) is 26.2 Å². The number of aliphatic hydroxyl groups is 1. The quantitative estimate of drug-likeness (QED) is 0.578. The Morgan fingerprint density at radius 3 is 2.70 bits per heavy atom. The van der Waals surface area contributed by atoms with Crippen molar-refractivity contribution in [2.75, 3.05) is 13.2 Å². The Bertz CT molecular complexity index is 144. The molecule has 2 rings (SSSR count). The Hall–Kier alpha value is -0.0800. The first-order valence-electron chi connectivity index (χ1n) is 4.16. The van der Waals surface area contributed by atoms with Crippen molar-refractivity contribution in [2.24, 2.45) is 0 Å². The van der Waals surface area contributed by atoms with Crippen molar-refractivity contribution < 1.29 is 5.11 Å². The summed E-state index contributed by atoms with van der Waals surface area (Å²) in [6, 6.07) is 0.723. The normalized spacial score (nSPS) is 46.8. The molecule has 0 bridgehead atoms. The lowest BCUT2D eigenvalue weighted by molar-refractivity contribution is -0.0377. The zero-order valence-electron chi connectivity index (χ0n) is 6.51. The largest absolute Gasteiger partial charge is 0.394 e. The fraction of sp³-hybridized carbons (Fsp3) is 1.00. The first kappa shape index (κ1) is 6.62. The SMILES string of the molecule is C[C@@H]1CC[C@@]2(CO)CCN12. The molecule has 2 atom stereocenters. The number of nitrogens with zero attached hydrogens (tertiary/aromatic N) is 1. The molecule has 0 aliphatic carbocycles. The van der Waals surface area contributed by atoms with Crippen molar-refractivity contribution in [3.05, 3.63) is 0 Å². The fourth-order valence-corrected chi connectivity index (χ4v) is 2.40. The van der Waals surface area contributed by atoms with Crippen molar-refractivity contribution in [1.82, 2.24) is 4.90 Å². The topological polar surface area (TPSA) is 23.5 Å². The van der Waals surface area contributed by atoms with Crippen LogP contribution in [0.25, 0.3) is 0 Å². The van der Waals surface area contributed by atoms with Gasteiger partial charge in [-0.1, -0.05) is 0 Å². The lowest BCUT2D eigenvalue weighted by Gasteiger charge is -2.49. The van der Waals surface area contributed by atoms with Crippen molar-refractivity contribution in [1.29, 1.82) is 0 Å².